The maximum atomic E-state index is 12.1. The molecule has 2 rings (SSSR count). The van der Waals surface area contributed by atoms with E-state index in [1.807, 2.05) is 20.8 Å². The van der Waals surface area contributed by atoms with Crippen molar-refractivity contribution in [1.29, 1.82) is 0 Å². The number of aromatic nitrogens is 2. The number of nitrogens with zero attached hydrogens (tertiary/aromatic N) is 2. The highest BCUT2D eigenvalue weighted by Gasteiger charge is 2.29. The van der Waals surface area contributed by atoms with E-state index in [0.29, 0.717) is 16.8 Å². The van der Waals surface area contributed by atoms with Crippen molar-refractivity contribution < 1.29 is 4.79 Å². The van der Waals surface area contributed by atoms with Crippen LogP contribution in [0.3, 0.4) is 0 Å². The molecular weight excluding hydrogens is 250 g/mol. The predicted octanol–water partition coefficient (Wildman–Crippen LogP) is 2.78. The Morgan fingerprint density at radius 1 is 1.44 bits per heavy atom. The van der Waals surface area contributed by atoms with Gasteiger partial charge in [0.25, 0.3) is 5.91 Å². The molecular formula is C13H18ClN3O. The van der Waals surface area contributed by atoms with Gasteiger partial charge in [0.15, 0.2) is 0 Å². The smallest absolute Gasteiger partial charge is 0.271 e. The number of carbonyl (C=O) groups is 1. The number of halogens is 1. The average molecular weight is 268 g/mol. The number of carbonyl (C=O) groups excluding carboxylic acids is 1. The van der Waals surface area contributed by atoms with Crippen molar-refractivity contribution in [1.82, 2.24) is 15.3 Å². The average Bonchev–Trinajstić information content (AvgIpc) is 3.12. The number of amides is 1. The third kappa shape index (κ3) is 2.99. The van der Waals surface area contributed by atoms with Crippen molar-refractivity contribution in [3.8, 4) is 0 Å². The molecule has 1 aromatic heterocycles. The molecule has 0 saturated heterocycles. The lowest BCUT2D eigenvalue weighted by molar-refractivity contribution is 0.0930. The van der Waals surface area contributed by atoms with E-state index in [2.05, 4.69) is 15.3 Å². The molecule has 1 saturated carbocycles. The summed E-state index contributed by atoms with van der Waals surface area (Å²) < 4.78 is 0. The van der Waals surface area contributed by atoms with Gasteiger partial charge in [-0.1, -0.05) is 25.4 Å². The van der Waals surface area contributed by atoms with Crippen LogP contribution in [0, 0.1) is 5.92 Å². The predicted molar refractivity (Wildman–Crippen MR) is 70.8 cm³/mol. The molecule has 1 fully saturated rings. The molecule has 0 bridgehead atoms. The number of nitrogens with one attached hydrogen (secondary N) is 1. The fourth-order valence-corrected chi connectivity index (χ4v) is 1.98. The molecule has 1 aromatic rings. The summed E-state index contributed by atoms with van der Waals surface area (Å²) in [5.74, 6) is 1.22. The van der Waals surface area contributed by atoms with Crippen LogP contribution in [0.15, 0.2) is 6.20 Å². The van der Waals surface area contributed by atoms with E-state index in [1.54, 1.807) is 0 Å². The van der Waals surface area contributed by atoms with Crippen LogP contribution in [-0.2, 0) is 0 Å². The second-order valence-electron chi connectivity index (χ2n) is 5.18. The molecule has 1 atom stereocenters. The van der Waals surface area contributed by atoms with Gasteiger partial charge in [0.2, 0.25) is 0 Å². The molecule has 1 aliphatic carbocycles. The molecule has 98 valence electrons. The summed E-state index contributed by atoms with van der Waals surface area (Å²) in [5.41, 5.74) is 0.280. The SMILES string of the molecule is CC(C)c1ncc(Cl)c(C(=O)NC(C)C2CC2)n1. The lowest BCUT2D eigenvalue weighted by Gasteiger charge is -2.13. The fraction of sp³-hybridized carbons (Fsp3) is 0.615. The van der Waals surface area contributed by atoms with Gasteiger partial charge in [-0.05, 0) is 25.7 Å². The van der Waals surface area contributed by atoms with Crippen LogP contribution in [0.4, 0.5) is 0 Å². The third-order valence-electron chi connectivity index (χ3n) is 3.18. The maximum absolute atomic E-state index is 12.1. The Kier molecular flexibility index (Phi) is 3.85. The first-order valence-electron chi connectivity index (χ1n) is 6.32. The molecule has 0 radical (unpaired) electrons. The Morgan fingerprint density at radius 2 is 2.11 bits per heavy atom. The second-order valence-corrected chi connectivity index (χ2v) is 5.59. The van der Waals surface area contributed by atoms with Crippen LogP contribution in [0.2, 0.25) is 5.02 Å². The Labute approximate surface area is 112 Å². The maximum Gasteiger partial charge on any atom is 0.271 e. The van der Waals surface area contributed by atoms with E-state index in [1.165, 1.54) is 19.0 Å². The van der Waals surface area contributed by atoms with Gasteiger partial charge in [-0.15, -0.1) is 0 Å². The van der Waals surface area contributed by atoms with Gasteiger partial charge in [-0.2, -0.15) is 0 Å². The summed E-state index contributed by atoms with van der Waals surface area (Å²) in [6.07, 6.45) is 3.88. The summed E-state index contributed by atoms with van der Waals surface area (Å²) in [4.78, 5) is 20.5. The van der Waals surface area contributed by atoms with Crippen molar-refractivity contribution in [3.05, 3.63) is 22.7 Å². The molecule has 18 heavy (non-hydrogen) atoms. The van der Waals surface area contributed by atoms with E-state index < -0.39 is 0 Å². The zero-order valence-corrected chi connectivity index (χ0v) is 11.7. The van der Waals surface area contributed by atoms with Crippen LogP contribution >= 0.6 is 11.6 Å². The number of hydrogen-bond acceptors (Lipinski definition) is 3. The van der Waals surface area contributed by atoms with Crippen molar-refractivity contribution in [2.75, 3.05) is 0 Å². The summed E-state index contributed by atoms with van der Waals surface area (Å²) in [6, 6.07) is 0.186. The lowest BCUT2D eigenvalue weighted by atomic mass is 10.2. The monoisotopic (exact) mass is 267 g/mol. The fourth-order valence-electron chi connectivity index (χ4n) is 1.81. The van der Waals surface area contributed by atoms with E-state index in [0.717, 1.165) is 0 Å². The molecule has 5 heteroatoms. The van der Waals surface area contributed by atoms with E-state index >= 15 is 0 Å². The van der Waals surface area contributed by atoms with E-state index in [-0.39, 0.29) is 23.6 Å². The largest absolute Gasteiger partial charge is 0.348 e. The van der Waals surface area contributed by atoms with Crippen molar-refractivity contribution >= 4 is 17.5 Å². The Bertz CT molecular complexity index is 458. The first-order chi connectivity index (χ1) is 8.49. The van der Waals surface area contributed by atoms with Crippen molar-refractivity contribution in [3.63, 3.8) is 0 Å². The first-order valence-corrected chi connectivity index (χ1v) is 6.70. The summed E-state index contributed by atoms with van der Waals surface area (Å²) >= 11 is 5.99. The standard InChI is InChI=1S/C13H18ClN3O/c1-7(2)12-15-6-10(14)11(17-12)13(18)16-8(3)9-4-5-9/h6-9H,4-5H2,1-3H3,(H,16,18). The Morgan fingerprint density at radius 3 is 2.67 bits per heavy atom. The second kappa shape index (κ2) is 5.22. The van der Waals surface area contributed by atoms with Gasteiger partial charge >= 0.3 is 0 Å². The van der Waals surface area contributed by atoms with Gasteiger partial charge in [0, 0.05) is 12.0 Å². The quantitative estimate of drug-likeness (QED) is 0.913. The lowest BCUT2D eigenvalue weighted by Crippen LogP contribution is -2.35. The van der Waals surface area contributed by atoms with Crippen molar-refractivity contribution in [2.24, 2.45) is 5.92 Å². The first kappa shape index (κ1) is 13.3. The Balaban J connectivity index is 2.15. The minimum absolute atomic E-state index is 0.176. The van der Waals surface area contributed by atoms with Gasteiger partial charge in [-0.3, -0.25) is 4.79 Å². The van der Waals surface area contributed by atoms with Crippen LogP contribution < -0.4 is 5.32 Å². The van der Waals surface area contributed by atoms with Crippen LogP contribution in [0.25, 0.3) is 0 Å². The molecule has 1 unspecified atom stereocenters. The highest BCUT2D eigenvalue weighted by atomic mass is 35.5. The normalized spacial score (nSPS) is 16.7. The zero-order chi connectivity index (χ0) is 13.3. The molecule has 1 amide bonds. The molecule has 0 aromatic carbocycles. The minimum atomic E-state index is -0.205. The van der Waals surface area contributed by atoms with Crippen LogP contribution in [0.5, 0.6) is 0 Å². The molecule has 4 nitrogen and oxygen atoms in total. The van der Waals surface area contributed by atoms with Gasteiger partial charge in [0.1, 0.15) is 11.5 Å². The highest BCUT2D eigenvalue weighted by molar-refractivity contribution is 6.33. The molecule has 1 N–H and O–H groups in total. The number of hydrogen-bond donors (Lipinski definition) is 1. The molecule has 0 aliphatic heterocycles. The minimum Gasteiger partial charge on any atom is -0.348 e. The Hall–Kier alpha value is -1.16. The van der Waals surface area contributed by atoms with E-state index in [9.17, 15) is 4.79 Å². The van der Waals surface area contributed by atoms with Crippen molar-refractivity contribution in [2.45, 2.75) is 45.6 Å². The molecule has 0 spiro atoms. The summed E-state index contributed by atoms with van der Waals surface area (Å²) in [5, 5.41) is 3.26. The van der Waals surface area contributed by atoms with Crippen LogP contribution in [0.1, 0.15) is 55.8 Å². The topological polar surface area (TPSA) is 54.9 Å². The van der Waals surface area contributed by atoms with Gasteiger partial charge < -0.3 is 5.32 Å². The van der Waals surface area contributed by atoms with E-state index in [4.69, 9.17) is 11.6 Å². The summed E-state index contributed by atoms with van der Waals surface area (Å²) in [7, 11) is 0. The number of rotatable bonds is 4. The molecule has 1 aliphatic rings. The summed E-state index contributed by atoms with van der Waals surface area (Å²) in [6.45, 7) is 5.99. The zero-order valence-electron chi connectivity index (χ0n) is 10.9. The van der Waals surface area contributed by atoms with Crippen LogP contribution in [-0.4, -0.2) is 21.9 Å². The highest BCUT2D eigenvalue weighted by Crippen LogP contribution is 2.32. The van der Waals surface area contributed by atoms with Gasteiger partial charge in [0.05, 0.1) is 11.2 Å². The molecule has 1 heterocycles. The third-order valence-corrected chi connectivity index (χ3v) is 3.46. The van der Waals surface area contributed by atoms with Gasteiger partial charge in [-0.25, -0.2) is 9.97 Å².